The lowest BCUT2D eigenvalue weighted by atomic mass is 10.3. The first-order valence-electron chi connectivity index (χ1n) is 4.50. The van der Waals surface area contributed by atoms with Crippen LogP contribution in [0.2, 0.25) is 5.28 Å². The Morgan fingerprint density at radius 3 is 2.59 bits per heavy atom. The number of alkyl halides is 2. The van der Waals surface area contributed by atoms with E-state index >= 15 is 0 Å². The predicted molar refractivity (Wildman–Crippen MR) is 57.7 cm³/mol. The molecule has 1 heterocycles. The molecular weight excluding hydrogens is 258 g/mol. The fourth-order valence-electron chi connectivity index (χ4n) is 1.29. The number of nitrogens with zero attached hydrogens (tertiary/aromatic N) is 4. The molecule has 0 aliphatic carbocycles. The van der Waals surface area contributed by atoms with Crippen LogP contribution in [0, 0.1) is 17.0 Å². The number of rotatable bonds is 4. The topological polar surface area (TPSA) is 72.2 Å². The third kappa shape index (κ3) is 3.19. The van der Waals surface area contributed by atoms with Crippen molar-refractivity contribution in [1.82, 2.24) is 9.97 Å². The Morgan fingerprint density at radius 1 is 1.53 bits per heavy atom. The van der Waals surface area contributed by atoms with Gasteiger partial charge in [0.2, 0.25) is 11.1 Å². The van der Waals surface area contributed by atoms with Crippen LogP contribution in [0.5, 0.6) is 0 Å². The van der Waals surface area contributed by atoms with Gasteiger partial charge in [0.25, 0.3) is 6.43 Å². The lowest BCUT2D eigenvalue weighted by molar-refractivity contribution is -0.385. The first kappa shape index (κ1) is 13.5. The highest BCUT2D eigenvalue weighted by Crippen LogP contribution is 2.29. The molecule has 0 fully saturated rings. The molecule has 6 nitrogen and oxygen atoms in total. The molecule has 0 bridgehead atoms. The summed E-state index contributed by atoms with van der Waals surface area (Å²) in [5, 5.41) is 10.6. The van der Waals surface area contributed by atoms with Gasteiger partial charge in [-0.1, -0.05) is 0 Å². The van der Waals surface area contributed by atoms with Gasteiger partial charge in [-0.3, -0.25) is 10.1 Å². The summed E-state index contributed by atoms with van der Waals surface area (Å²) in [5.74, 6) is -0.215. The van der Waals surface area contributed by atoms with Crippen LogP contribution in [0.3, 0.4) is 0 Å². The first-order chi connectivity index (χ1) is 7.82. The number of anilines is 1. The van der Waals surface area contributed by atoms with Gasteiger partial charge in [0.15, 0.2) is 0 Å². The maximum atomic E-state index is 12.2. The Kier molecular flexibility index (Phi) is 4.11. The third-order valence-corrected chi connectivity index (χ3v) is 2.14. The molecule has 0 radical (unpaired) electrons. The van der Waals surface area contributed by atoms with Crippen LogP contribution in [0.1, 0.15) is 5.69 Å². The molecule has 0 atom stereocenters. The van der Waals surface area contributed by atoms with Gasteiger partial charge < -0.3 is 4.90 Å². The van der Waals surface area contributed by atoms with Crippen molar-refractivity contribution in [3.8, 4) is 0 Å². The maximum Gasteiger partial charge on any atom is 0.332 e. The monoisotopic (exact) mass is 266 g/mol. The fourth-order valence-corrected chi connectivity index (χ4v) is 1.50. The molecule has 0 aromatic carbocycles. The van der Waals surface area contributed by atoms with Gasteiger partial charge in [-0.05, 0) is 18.5 Å². The molecule has 0 aliphatic heterocycles. The van der Waals surface area contributed by atoms with Crippen molar-refractivity contribution in [2.24, 2.45) is 0 Å². The minimum Gasteiger partial charge on any atom is -0.348 e. The molecule has 0 unspecified atom stereocenters. The zero-order chi connectivity index (χ0) is 13.2. The summed E-state index contributed by atoms with van der Waals surface area (Å²) in [4.78, 5) is 18.3. The lowest BCUT2D eigenvalue weighted by Crippen LogP contribution is -2.26. The summed E-state index contributed by atoms with van der Waals surface area (Å²) < 4.78 is 24.4. The Labute approximate surface area is 100 Å². The number of halogens is 3. The molecule has 1 rings (SSSR count). The molecule has 0 spiro atoms. The van der Waals surface area contributed by atoms with Crippen molar-refractivity contribution in [1.29, 1.82) is 0 Å². The van der Waals surface area contributed by atoms with E-state index in [1.54, 1.807) is 0 Å². The van der Waals surface area contributed by atoms with Crippen LogP contribution in [0.15, 0.2) is 0 Å². The van der Waals surface area contributed by atoms with Crippen LogP contribution in [-0.4, -0.2) is 34.9 Å². The van der Waals surface area contributed by atoms with Gasteiger partial charge in [0.05, 0.1) is 11.5 Å². The summed E-state index contributed by atoms with van der Waals surface area (Å²) >= 11 is 5.55. The summed E-state index contributed by atoms with van der Waals surface area (Å²) in [6.07, 6.45) is -2.63. The lowest BCUT2D eigenvalue weighted by Gasteiger charge is -2.17. The Balaban J connectivity index is 3.25. The highest BCUT2D eigenvalue weighted by Gasteiger charge is 2.25. The normalized spacial score (nSPS) is 10.7. The number of hydrogen-bond acceptors (Lipinski definition) is 5. The Bertz CT molecular complexity index is 444. The molecule has 0 saturated heterocycles. The van der Waals surface area contributed by atoms with E-state index in [0.717, 1.165) is 4.90 Å². The van der Waals surface area contributed by atoms with Crippen LogP contribution in [-0.2, 0) is 0 Å². The summed E-state index contributed by atoms with van der Waals surface area (Å²) in [5.41, 5.74) is -0.385. The highest BCUT2D eigenvalue weighted by atomic mass is 35.5. The fraction of sp³-hybridized carbons (Fsp3) is 0.500. The molecule has 1 aromatic heterocycles. The minimum atomic E-state index is -2.63. The van der Waals surface area contributed by atoms with Gasteiger partial charge in [0.1, 0.15) is 5.69 Å². The second-order valence-corrected chi connectivity index (χ2v) is 3.62. The van der Waals surface area contributed by atoms with Gasteiger partial charge in [0, 0.05) is 7.05 Å². The van der Waals surface area contributed by atoms with E-state index in [1.807, 2.05) is 0 Å². The highest BCUT2D eigenvalue weighted by molar-refractivity contribution is 6.28. The van der Waals surface area contributed by atoms with Crippen molar-refractivity contribution in [2.75, 3.05) is 18.5 Å². The largest absolute Gasteiger partial charge is 0.348 e. The van der Waals surface area contributed by atoms with Gasteiger partial charge in [-0.25, -0.2) is 13.8 Å². The smallest absolute Gasteiger partial charge is 0.332 e. The van der Waals surface area contributed by atoms with Crippen LogP contribution >= 0.6 is 11.6 Å². The number of hydrogen-bond donors (Lipinski definition) is 0. The van der Waals surface area contributed by atoms with Crippen molar-refractivity contribution in [2.45, 2.75) is 13.3 Å². The van der Waals surface area contributed by atoms with Gasteiger partial charge in [-0.15, -0.1) is 0 Å². The molecule has 0 N–H and O–H groups in total. The van der Waals surface area contributed by atoms with Crippen molar-refractivity contribution < 1.29 is 13.7 Å². The van der Waals surface area contributed by atoms with Crippen molar-refractivity contribution in [3.63, 3.8) is 0 Å². The molecule has 94 valence electrons. The average Bonchev–Trinajstić information content (AvgIpc) is 2.14. The average molecular weight is 267 g/mol. The summed E-state index contributed by atoms with van der Waals surface area (Å²) in [6.45, 7) is 0.693. The number of aromatic nitrogens is 2. The SMILES string of the molecule is Cc1nc(Cl)nc(N(C)CC(F)F)c1[N+](=O)[O-]. The first-order valence-corrected chi connectivity index (χ1v) is 4.88. The molecule has 9 heteroatoms. The zero-order valence-electron chi connectivity index (χ0n) is 9.02. The maximum absolute atomic E-state index is 12.2. The van der Waals surface area contributed by atoms with Crippen molar-refractivity contribution >= 4 is 23.1 Å². The number of aryl methyl sites for hydroxylation is 1. The van der Waals surface area contributed by atoms with Crippen LogP contribution in [0.25, 0.3) is 0 Å². The molecule has 0 saturated carbocycles. The predicted octanol–water partition coefficient (Wildman–Crippen LogP) is 2.05. The molecule has 0 amide bonds. The van der Waals surface area contributed by atoms with E-state index in [-0.39, 0.29) is 16.8 Å². The van der Waals surface area contributed by atoms with Gasteiger partial charge in [-0.2, -0.15) is 4.98 Å². The summed E-state index contributed by atoms with van der Waals surface area (Å²) in [6, 6.07) is 0. The van der Waals surface area contributed by atoms with E-state index in [4.69, 9.17) is 11.6 Å². The van der Waals surface area contributed by atoms with E-state index < -0.39 is 23.6 Å². The van der Waals surface area contributed by atoms with Crippen molar-refractivity contribution in [3.05, 3.63) is 21.1 Å². The Hall–Kier alpha value is -1.57. The van der Waals surface area contributed by atoms with Crippen LogP contribution < -0.4 is 4.90 Å². The Morgan fingerprint density at radius 2 is 2.12 bits per heavy atom. The van der Waals surface area contributed by atoms with E-state index in [2.05, 4.69) is 9.97 Å². The molecular formula is C8H9ClF2N4O2. The molecule has 1 aromatic rings. The molecule has 17 heavy (non-hydrogen) atoms. The van der Waals surface area contributed by atoms with E-state index in [0.29, 0.717) is 0 Å². The minimum absolute atomic E-state index is 0.0334. The third-order valence-electron chi connectivity index (χ3n) is 1.97. The van der Waals surface area contributed by atoms with E-state index in [1.165, 1.54) is 14.0 Å². The second kappa shape index (κ2) is 5.17. The van der Waals surface area contributed by atoms with Crippen LogP contribution in [0.4, 0.5) is 20.3 Å². The zero-order valence-corrected chi connectivity index (χ0v) is 9.78. The summed E-state index contributed by atoms with van der Waals surface area (Å²) in [7, 11) is 1.28. The van der Waals surface area contributed by atoms with Gasteiger partial charge >= 0.3 is 5.69 Å². The second-order valence-electron chi connectivity index (χ2n) is 3.28. The molecule has 0 aliphatic rings. The van der Waals surface area contributed by atoms with E-state index in [9.17, 15) is 18.9 Å². The quantitative estimate of drug-likeness (QED) is 0.474. The number of nitro groups is 1. The standard InChI is InChI=1S/C8H9ClF2N4O2/c1-4-6(15(16)17)7(13-8(9)12-4)14(2)3-5(10)11/h5H,3H2,1-2H3.